The van der Waals surface area contributed by atoms with Crippen molar-refractivity contribution < 1.29 is 9.18 Å². The molecule has 0 saturated carbocycles. The third kappa shape index (κ3) is 2.58. The van der Waals surface area contributed by atoms with E-state index in [1.54, 1.807) is 0 Å². The van der Waals surface area contributed by atoms with Crippen molar-refractivity contribution in [3.63, 3.8) is 0 Å². The Balaban J connectivity index is 2.54. The molecule has 0 bridgehead atoms. The summed E-state index contributed by atoms with van der Waals surface area (Å²) in [5.74, 6) is -0.551. The Kier molecular flexibility index (Phi) is 3.02. The first-order chi connectivity index (χ1) is 6.24. The van der Waals surface area contributed by atoms with Crippen molar-refractivity contribution in [2.75, 3.05) is 12.5 Å². The molecule has 0 spiro atoms. The number of hydrogen-bond donors (Lipinski definition) is 3. The number of urea groups is 1. The number of amides is 2. The molecule has 6 heteroatoms. The van der Waals surface area contributed by atoms with Gasteiger partial charge < -0.3 is 5.32 Å². The average molecular weight is 184 g/mol. The van der Waals surface area contributed by atoms with Gasteiger partial charge >= 0.3 is 6.03 Å². The number of rotatable bonds is 2. The number of halogens is 1. The first kappa shape index (κ1) is 9.24. The molecule has 5 nitrogen and oxygen atoms in total. The standard InChI is InChI=1S/C7H9FN4O/c1-9-7(13)12-11-6-5(8)3-2-4-10-6/h2-4H,1H3,(H,10,11)(H2,9,12,13). The van der Waals surface area contributed by atoms with Crippen LogP contribution < -0.4 is 16.2 Å². The lowest BCUT2D eigenvalue weighted by atomic mass is 10.4. The fraction of sp³-hybridized carbons (Fsp3) is 0.143. The van der Waals surface area contributed by atoms with E-state index in [1.807, 2.05) is 0 Å². The molecular weight excluding hydrogens is 175 g/mol. The molecule has 0 aliphatic carbocycles. The van der Waals surface area contributed by atoms with Crippen molar-refractivity contribution >= 4 is 11.8 Å². The second-order valence-electron chi connectivity index (χ2n) is 2.16. The van der Waals surface area contributed by atoms with Crippen LogP contribution in [0, 0.1) is 5.82 Å². The third-order valence-electron chi connectivity index (χ3n) is 1.28. The van der Waals surface area contributed by atoms with E-state index >= 15 is 0 Å². The van der Waals surface area contributed by atoms with E-state index in [-0.39, 0.29) is 5.82 Å². The Morgan fingerprint density at radius 2 is 2.38 bits per heavy atom. The van der Waals surface area contributed by atoms with Crippen LogP contribution in [0.1, 0.15) is 0 Å². The highest BCUT2D eigenvalue weighted by Gasteiger charge is 2.01. The number of pyridine rings is 1. The van der Waals surface area contributed by atoms with Crippen molar-refractivity contribution in [1.82, 2.24) is 15.7 Å². The largest absolute Gasteiger partial charge is 0.340 e. The second-order valence-corrected chi connectivity index (χ2v) is 2.16. The van der Waals surface area contributed by atoms with E-state index in [0.29, 0.717) is 0 Å². The van der Waals surface area contributed by atoms with Crippen LogP contribution in [0.3, 0.4) is 0 Å². The Hall–Kier alpha value is -1.85. The van der Waals surface area contributed by atoms with Crippen molar-refractivity contribution in [3.05, 3.63) is 24.1 Å². The molecule has 0 aromatic carbocycles. The summed E-state index contributed by atoms with van der Waals surface area (Å²) in [4.78, 5) is 14.3. The molecule has 3 N–H and O–H groups in total. The molecule has 0 aliphatic rings. The predicted octanol–water partition coefficient (Wildman–Crippen LogP) is 0.477. The predicted molar refractivity (Wildman–Crippen MR) is 45.4 cm³/mol. The van der Waals surface area contributed by atoms with Gasteiger partial charge in [-0.05, 0) is 12.1 Å². The fourth-order valence-corrected chi connectivity index (χ4v) is 0.656. The molecule has 13 heavy (non-hydrogen) atoms. The van der Waals surface area contributed by atoms with Gasteiger partial charge in [0.1, 0.15) is 0 Å². The molecular formula is C7H9FN4O. The lowest BCUT2D eigenvalue weighted by Gasteiger charge is -2.06. The maximum absolute atomic E-state index is 12.8. The molecule has 1 aromatic rings. The Labute approximate surface area is 74.3 Å². The minimum atomic E-state index is -0.529. The molecule has 0 aliphatic heterocycles. The van der Waals surface area contributed by atoms with Crippen LogP contribution in [0.25, 0.3) is 0 Å². The molecule has 0 fully saturated rings. The zero-order valence-electron chi connectivity index (χ0n) is 6.97. The quantitative estimate of drug-likeness (QED) is 0.585. The van der Waals surface area contributed by atoms with Crippen LogP contribution in [0.15, 0.2) is 18.3 Å². The zero-order valence-corrected chi connectivity index (χ0v) is 6.97. The summed E-state index contributed by atoms with van der Waals surface area (Å²) in [7, 11) is 1.45. The van der Waals surface area contributed by atoms with Crippen molar-refractivity contribution in [2.24, 2.45) is 0 Å². The van der Waals surface area contributed by atoms with Crippen LogP contribution in [0.5, 0.6) is 0 Å². The summed E-state index contributed by atoms with van der Waals surface area (Å²) in [6, 6.07) is 2.23. The number of anilines is 1. The SMILES string of the molecule is CNC(=O)NNc1ncccc1F. The van der Waals surface area contributed by atoms with Gasteiger partial charge in [0.25, 0.3) is 0 Å². The van der Waals surface area contributed by atoms with Gasteiger partial charge in [-0.15, -0.1) is 0 Å². The number of nitrogens with one attached hydrogen (secondary N) is 3. The van der Waals surface area contributed by atoms with Crippen LogP contribution in [-0.4, -0.2) is 18.1 Å². The molecule has 0 saturated heterocycles. The van der Waals surface area contributed by atoms with Gasteiger partial charge in [0.05, 0.1) is 0 Å². The van der Waals surface area contributed by atoms with Crippen LogP contribution in [0.2, 0.25) is 0 Å². The summed E-state index contributed by atoms with van der Waals surface area (Å²) in [6.07, 6.45) is 1.41. The second kappa shape index (κ2) is 4.24. The van der Waals surface area contributed by atoms with Gasteiger partial charge in [0.2, 0.25) is 0 Å². The average Bonchev–Trinajstić information content (AvgIpc) is 2.16. The smallest absolute Gasteiger partial charge is 0.333 e. The summed E-state index contributed by atoms with van der Waals surface area (Å²) in [5.41, 5.74) is 4.50. The number of nitrogens with zero attached hydrogens (tertiary/aromatic N) is 1. The van der Waals surface area contributed by atoms with E-state index in [2.05, 4.69) is 21.2 Å². The lowest BCUT2D eigenvalue weighted by Crippen LogP contribution is -2.37. The Morgan fingerprint density at radius 3 is 3.00 bits per heavy atom. The third-order valence-corrected chi connectivity index (χ3v) is 1.28. The van der Waals surface area contributed by atoms with Gasteiger partial charge in [-0.2, -0.15) is 0 Å². The fourth-order valence-electron chi connectivity index (χ4n) is 0.656. The summed E-state index contributed by atoms with van der Waals surface area (Å²) in [6.45, 7) is 0. The highest BCUT2D eigenvalue weighted by atomic mass is 19.1. The molecule has 2 amide bonds. The maximum atomic E-state index is 12.8. The van der Waals surface area contributed by atoms with Crippen LogP contribution in [0.4, 0.5) is 15.0 Å². The van der Waals surface area contributed by atoms with Crippen LogP contribution in [-0.2, 0) is 0 Å². The normalized spacial score (nSPS) is 9.08. The van der Waals surface area contributed by atoms with Gasteiger partial charge in [0.15, 0.2) is 11.6 Å². The van der Waals surface area contributed by atoms with Crippen molar-refractivity contribution in [2.45, 2.75) is 0 Å². The van der Waals surface area contributed by atoms with E-state index in [9.17, 15) is 9.18 Å². The highest BCUT2D eigenvalue weighted by molar-refractivity contribution is 5.74. The van der Waals surface area contributed by atoms with E-state index in [4.69, 9.17) is 0 Å². The van der Waals surface area contributed by atoms with E-state index in [0.717, 1.165) is 0 Å². The van der Waals surface area contributed by atoms with Crippen LogP contribution >= 0.6 is 0 Å². The number of carbonyl (C=O) groups is 1. The molecule has 1 rings (SSSR count). The monoisotopic (exact) mass is 184 g/mol. The number of aromatic nitrogens is 1. The molecule has 0 atom stereocenters. The lowest BCUT2D eigenvalue weighted by molar-refractivity contribution is 0.244. The first-order valence-corrected chi connectivity index (χ1v) is 3.58. The molecule has 0 unspecified atom stereocenters. The van der Waals surface area contributed by atoms with Gasteiger partial charge in [-0.1, -0.05) is 0 Å². The summed E-state index contributed by atoms with van der Waals surface area (Å²) < 4.78 is 12.8. The number of hydrazine groups is 1. The topological polar surface area (TPSA) is 66.1 Å². The molecule has 1 aromatic heterocycles. The maximum Gasteiger partial charge on any atom is 0.333 e. The molecule has 1 heterocycles. The Bertz CT molecular complexity index is 304. The van der Waals surface area contributed by atoms with Gasteiger partial charge in [0, 0.05) is 13.2 Å². The first-order valence-electron chi connectivity index (χ1n) is 3.58. The summed E-state index contributed by atoms with van der Waals surface area (Å²) in [5, 5.41) is 2.29. The van der Waals surface area contributed by atoms with Gasteiger partial charge in [-0.3, -0.25) is 10.9 Å². The molecule has 0 radical (unpaired) electrons. The summed E-state index contributed by atoms with van der Waals surface area (Å²) >= 11 is 0. The molecule has 70 valence electrons. The van der Waals surface area contributed by atoms with E-state index in [1.165, 1.54) is 25.4 Å². The number of carbonyl (C=O) groups excluding carboxylic acids is 1. The minimum Gasteiger partial charge on any atom is -0.340 e. The number of hydrogen-bond acceptors (Lipinski definition) is 3. The van der Waals surface area contributed by atoms with Gasteiger partial charge in [-0.25, -0.2) is 14.2 Å². The van der Waals surface area contributed by atoms with Crippen molar-refractivity contribution in [3.8, 4) is 0 Å². The van der Waals surface area contributed by atoms with E-state index < -0.39 is 11.8 Å². The minimum absolute atomic E-state index is 0.0221. The zero-order chi connectivity index (χ0) is 9.68. The Morgan fingerprint density at radius 1 is 1.62 bits per heavy atom. The highest BCUT2D eigenvalue weighted by Crippen LogP contribution is 2.05. The van der Waals surface area contributed by atoms with Crippen molar-refractivity contribution in [1.29, 1.82) is 0 Å².